The highest BCUT2D eigenvalue weighted by Crippen LogP contribution is 2.32. The van der Waals surface area contributed by atoms with Gasteiger partial charge in [0.1, 0.15) is 23.2 Å². The molecule has 2 saturated heterocycles. The molecule has 2 N–H and O–H groups in total. The van der Waals surface area contributed by atoms with E-state index in [1.807, 2.05) is 12.1 Å². The van der Waals surface area contributed by atoms with Crippen LogP contribution in [-0.2, 0) is 0 Å². The molecule has 0 unspecified atom stereocenters. The van der Waals surface area contributed by atoms with E-state index in [4.69, 9.17) is 15.0 Å². The molecule has 40 heavy (non-hydrogen) atoms. The van der Waals surface area contributed by atoms with Gasteiger partial charge in [-0.05, 0) is 73.4 Å². The van der Waals surface area contributed by atoms with Gasteiger partial charge in [0.05, 0.1) is 12.8 Å². The second-order valence-electron chi connectivity index (χ2n) is 11.6. The Labute approximate surface area is 234 Å². The number of rotatable bonds is 9. The molecular formula is C30H40F2N6O2. The highest BCUT2D eigenvalue weighted by Gasteiger charge is 2.31. The lowest BCUT2D eigenvalue weighted by Gasteiger charge is -2.37. The Hall–Kier alpha value is -3.27. The van der Waals surface area contributed by atoms with Crippen molar-refractivity contribution in [1.29, 1.82) is 0 Å². The van der Waals surface area contributed by atoms with E-state index in [2.05, 4.69) is 45.7 Å². The summed E-state index contributed by atoms with van der Waals surface area (Å²) in [5.41, 5.74) is 6.75. The SMILES string of the molecule is CC(C)c1noc(N2CCC([C@H](C)CCOc3ccc(N4CC[C@H](c5cc(F)ccc5F)[C@@H](N)C4)nc3)CC2)n1. The number of pyridine rings is 1. The number of halogens is 2. The second-order valence-corrected chi connectivity index (χ2v) is 11.6. The molecule has 4 heterocycles. The van der Waals surface area contributed by atoms with Gasteiger partial charge < -0.3 is 24.8 Å². The van der Waals surface area contributed by atoms with Crippen LogP contribution in [0.2, 0.25) is 0 Å². The normalized spacial score (nSPS) is 21.2. The molecule has 8 nitrogen and oxygen atoms in total. The lowest BCUT2D eigenvalue weighted by Crippen LogP contribution is -2.48. The number of nitrogens with zero attached hydrogens (tertiary/aromatic N) is 5. The number of ether oxygens (including phenoxy) is 1. The molecule has 10 heteroatoms. The third kappa shape index (κ3) is 6.54. The first-order valence-electron chi connectivity index (χ1n) is 14.4. The molecular weight excluding hydrogens is 514 g/mol. The van der Waals surface area contributed by atoms with Crippen molar-refractivity contribution >= 4 is 11.8 Å². The molecule has 3 atom stereocenters. The maximum Gasteiger partial charge on any atom is 0.324 e. The van der Waals surface area contributed by atoms with Crippen molar-refractivity contribution in [2.45, 2.75) is 64.3 Å². The van der Waals surface area contributed by atoms with E-state index in [-0.39, 0.29) is 17.9 Å². The first-order valence-corrected chi connectivity index (χ1v) is 14.4. The molecule has 0 amide bonds. The van der Waals surface area contributed by atoms with Crippen LogP contribution >= 0.6 is 0 Å². The minimum atomic E-state index is -0.441. The largest absolute Gasteiger partial charge is 0.492 e. The van der Waals surface area contributed by atoms with Crippen molar-refractivity contribution in [2.24, 2.45) is 17.6 Å². The topological polar surface area (TPSA) is 93.5 Å². The zero-order chi connectivity index (χ0) is 28.2. The zero-order valence-corrected chi connectivity index (χ0v) is 23.6. The van der Waals surface area contributed by atoms with E-state index < -0.39 is 11.6 Å². The van der Waals surface area contributed by atoms with Gasteiger partial charge in [0.15, 0.2) is 5.82 Å². The summed E-state index contributed by atoms with van der Waals surface area (Å²) >= 11 is 0. The van der Waals surface area contributed by atoms with Crippen LogP contribution in [0.1, 0.15) is 69.7 Å². The summed E-state index contributed by atoms with van der Waals surface area (Å²) in [6.07, 6.45) is 5.55. The van der Waals surface area contributed by atoms with Crippen LogP contribution in [0.4, 0.5) is 20.6 Å². The summed E-state index contributed by atoms with van der Waals surface area (Å²) < 4.78 is 39.4. The molecule has 2 fully saturated rings. The Bertz CT molecular complexity index is 1250. The smallest absolute Gasteiger partial charge is 0.324 e. The average Bonchev–Trinajstić information content (AvgIpc) is 3.46. The van der Waals surface area contributed by atoms with Gasteiger partial charge in [0.25, 0.3) is 0 Å². The van der Waals surface area contributed by atoms with Crippen molar-refractivity contribution in [1.82, 2.24) is 15.1 Å². The Balaban J connectivity index is 1.05. The van der Waals surface area contributed by atoms with Crippen LogP contribution in [0.15, 0.2) is 41.1 Å². The molecule has 1 aromatic carbocycles. The molecule has 0 aliphatic carbocycles. The van der Waals surface area contributed by atoms with E-state index in [0.29, 0.717) is 49.5 Å². The van der Waals surface area contributed by atoms with Gasteiger partial charge in [-0.25, -0.2) is 13.8 Å². The third-order valence-corrected chi connectivity index (χ3v) is 8.46. The first-order chi connectivity index (χ1) is 19.3. The molecule has 2 aliphatic rings. The Kier molecular flexibility index (Phi) is 8.83. The standard InChI is InChI=1S/C30H40F2N6O2/c1-19(2)29-35-30(40-36-29)37-12-8-21(9-13-37)20(3)11-15-39-23-5-7-28(34-17-23)38-14-10-24(27(33)18-38)25-16-22(31)4-6-26(25)32/h4-7,16-17,19-21,24,27H,8-15,18,33H2,1-3H3/t20-,24-,27+/m1/s1. The Morgan fingerprint density at radius 3 is 2.50 bits per heavy atom. The number of hydrogen-bond acceptors (Lipinski definition) is 8. The summed E-state index contributed by atoms with van der Waals surface area (Å²) in [7, 11) is 0. The van der Waals surface area contributed by atoms with Crippen molar-refractivity contribution in [3.63, 3.8) is 0 Å². The number of anilines is 2. The summed E-state index contributed by atoms with van der Waals surface area (Å²) in [6, 6.07) is 7.77. The highest BCUT2D eigenvalue weighted by molar-refractivity contribution is 5.42. The number of piperidine rings is 2. The summed E-state index contributed by atoms with van der Waals surface area (Å²) in [5, 5.41) is 4.09. The van der Waals surface area contributed by atoms with Gasteiger partial charge in [0.2, 0.25) is 0 Å². The average molecular weight is 555 g/mol. The minimum absolute atomic E-state index is 0.222. The number of aromatic nitrogens is 3. The number of nitrogens with two attached hydrogens (primary N) is 1. The Morgan fingerprint density at radius 1 is 1.05 bits per heavy atom. The maximum atomic E-state index is 14.3. The van der Waals surface area contributed by atoms with Gasteiger partial charge in [-0.15, -0.1) is 0 Å². The summed E-state index contributed by atoms with van der Waals surface area (Å²) in [6.45, 7) is 10.1. The fourth-order valence-electron chi connectivity index (χ4n) is 5.87. The quantitative estimate of drug-likeness (QED) is 0.370. The van der Waals surface area contributed by atoms with E-state index in [9.17, 15) is 8.78 Å². The van der Waals surface area contributed by atoms with Crippen LogP contribution in [0.3, 0.4) is 0 Å². The molecule has 0 bridgehead atoms. The summed E-state index contributed by atoms with van der Waals surface area (Å²) in [5.74, 6) is 2.69. The fourth-order valence-corrected chi connectivity index (χ4v) is 5.87. The van der Waals surface area contributed by atoms with E-state index >= 15 is 0 Å². The van der Waals surface area contributed by atoms with E-state index in [0.717, 1.165) is 55.8 Å². The van der Waals surface area contributed by atoms with Crippen LogP contribution in [-0.4, -0.2) is 54.0 Å². The van der Waals surface area contributed by atoms with Crippen LogP contribution in [0.5, 0.6) is 5.75 Å². The Morgan fingerprint density at radius 2 is 1.82 bits per heavy atom. The van der Waals surface area contributed by atoms with Crippen molar-refractivity contribution in [3.8, 4) is 5.75 Å². The summed E-state index contributed by atoms with van der Waals surface area (Å²) in [4.78, 5) is 13.4. The van der Waals surface area contributed by atoms with Gasteiger partial charge in [-0.3, -0.25) is 0 Å². The van der Waals surface area contributed by atoms with Gasteiger partial charge in [0, 0.05) is 44.1 Å². The van der Waals surface area contributed by atoms with Gasteiger partial charge in [-0.2, -0.15) is 4.98 Å². The van der Waals surface area contributed by atoms with Gasteiger partial charge >= 0.3 is 6.01 Å². The van der Waals surface area contributed by atoms with E-state index in [1.165, 1.54) is 12.1 Å². The molecule has 2 aromatic heterocycles. The highest BCUT2D eigenvalue weighted by atomic mass is 19.1. The van der Waals surface area contributed by atoms with Crippen molar-refractivity contribution < 1.29 is 18.0 Å². The fraction of sp³-hybridized carbons (Fsp3) is 0.567. The second kappa shape index (κ2) is 12.5. The van der Waals surface area contributed by atoms with Crippen LogP contribution < -0.4 is 20.3 Å². The van der Waals surface area contributed by atoms with Crippen LogP contribution in [0, 0.1) is 23.5 Å². The molecule has 0 saturated carbocycles. The number of benzene rings is 1. The lowest BCUT2D eigenvalue weighted by molar-refractivity contribution is 0.220. The van der Waals surface area contributed by atoms with Gasteiger partial charge in [-0.1, -0.05) is 25.9 Å². The predicted molar refractivity (Wildman–Crippen MR) is 151 cm³/mol. The first kappa shape index (κ1) is 28.3. The molecule has 0 spiro atoms. The molecule has 0 radical (unpaired) electrons. The lowest BCUT2D eigenvalue weighted by atomic mass is 9.84. The maximum absolute atomic E-state index is 14.3. The molecule has 5 rings (SSSR count). The molecule has 2 aliphatic heterocycles. The van der Waals surface area contributed by atoms with E-state index in [1.54, 1.807) is 6.20 Å². The zero-order valence-electron chi connectivity index (χ0n) is 23.6. The van der Waals surface area contributed by atoms with Crippen LogP contribution in [0.25, 0.3) is 0 Å². The predicted octanol–water partition coefficient (Wildman–Crippen LogP) is 5.51. The molecule has 216 valence electrons. The van der Waals surface area contributed by atoms with Crippen molar-refractivity contribution in [2.75, 3.05) is 42.6 Å². The van der Waals surface area contributed by atoms with Crippen molar-refractivity contribution in [3.05, 3.63) is 59.6 Å². The molecule has 3 aromatic rings. The third-order valence-electron chi connectivity index (χ3n) is 8.46. The number of hydrogen-bond donors (Lipinski definition) is 1. The monoisotopic (exact) mass is 554 g/mol. The minimum Gasteiger partial charge on any atom is -0.492 e.